The zero-order chi connectivity index (χ0) is 14.5. The van der Waals surface area contributed by atoms with Crippen molar-refractivity contribution in [3.63, 3.8) is 0 Å². The Labute approximate surface area is 111 Å². The van der Waals surface area contributed by atoms with Gasteiger partial charge < -0.3 is 24.8 Å². The normalized spacial score (nSPS) is 9.68. The highest BCUT2D eigenvalue weighted by Gasteiger charge is 2.11. The van der Waals surface area contributed by atoms with Crippen molar-refractivity contribution in [1.29, 1.82) is 5.26 Å². The second-order valence-corrected chi connectivity index (χ2v) is 3.57. The van der Waals surface area contributed by atoms with E-state index < -0.39 is 12.6 Å². The van der Waals surface area contributed by atoms with Crippen molar-refractivity contribution in [1.82, 2.24) is 10.2 Å². The zero-order valence-corrected chi connectivity index (χ0v) is 10.9. The molecule has 0 bridgehead atoms. The number of carbonyl (C=O) groups is 2. The Morgan fingerprint density at radius 3 is 2.68 bits per heavy atom. The first-order valence-corrected chi connectivity index (χ1v) is 5.80. The third-order valence-corrected chi connectivity index (χ3v) is 2.09. The second-order valence-electron chi connectivity index (χ2n) is 3.57. The van der Waals surface area contributed by atoms with Crippen LogP contribution >= 0.6 is 0 Å². The predicted molar refractivity (Wildman–Crippen MR) is 65.5 cm³/mol. The second kappa shape index (κ2) is 11.3. The number of rotatable bonds is 10. The van der Waals surface area contributed by atoms with E-state index in [1.807, 2.05) is 6.07 Å². The van der Waals surface area contributed by atoms with Crippen molar-refractivity contribution in [3.05, 3.63) is 0 Å². The smallest absolute Gasteiger partial charge is 0.329 e. The predicted octanol–water partition coefficient (Wildman–Crippen LogP) is -0.341. The van der Waals surface area contributed by atoms with Crippen LogP contribution in [0.1, 0.15) is 6.42 Å². The minimum Gasteiger partial charge on any atom is -0.480 e. The number of carboxylic acids is 1. The first-order valence-electron chi connectivity index (χ1n) is 5.80. The molecule has 0 saturated heterocycles. The Morgan fingerprint density at radius 1 is 1.37 bits per heavy atom. The molecule has 2 amide bonds. The maximum atomic E-state index is 11.7. The van der Waals surface area contributed by atoms with Crippen LogP contribution in [0.5, 0.6) is 0 Å². The number of urea groups is 1. The largest absolute Gasteiger partial charge is 0.480 e. The Hall–Kier alpha value is -1.85. The number of nitrogens with zero attached hydrogens (tertiary/aromatic N) is 2. The highest BCUT2D eigenvalue weighted by atomic mass is 16.5. The Kier molecular flexibility index (Phi) is 10.2. The molecule has 0 aliphatic rings. The molecule has 0 heterocycles. The average molecular weight is 273 g/mol. The topological polar surface area (TPSA) is 112 Å². The molecule has 0 fully saturated rings. The van der Waals surface area contributed by atoms with E-state index in [2.05, 4.69) is 5.32 Å². The molecule has 0 atom stereocenters. The number of amides is 2. The van der Waals surface area contributed by atoms with Crippen LogP contribution in [0.3, 0.4) is 0 Å². The lowest BCUT2D eigenvalue weighted by atomic mass is 10.4. The molecular weight excluding hydrogens is 254 g/mol. The zero-order valence-electron chi connectivity index (χ0n) is 10.9. The first-order chi connectivity index (χ1) is 9.11. The molecular formula is C11H19N3O5. The van der Waals surface area contributed by atoms with Gasteiger partial charge in [-0.25, -0.2) is 9.59 Å². The van der Waals surface area contributed by atoms with E-state index in [9.17, 15) is 9.59 Å². The Balaban J connectivity index is 3.89. The summed E-state index contributed by atoms with van der Waals surface area (Å²) in [5.41, 5.74) is 0. The quantitative estimate of drug-likeness (QED) is 0.527. The molecule has 8 nitrogen and oxygen atoms in total. The molecule has 108 valence electrons. The van der Waals surface area contributed by atoms with Gasteiger partial charge in [0.1, 0.15) is 6.61 Å². The molecule has 2 N–H and O–H groups in total. The van der Waals surface area contributed by atoms with Crippen molar-refractivity contribution in [2.24, 2.45) is 0 Å². The third-order valence-electron chi connectivity index (χ3n) is 2.09. The van der Waals surface area contributed by atoms with Gasteiger partial charge in [0.2, 0.25) is 0 Å². The maximum absolute atomic E-state index is 11.7. The summed E-state index contributed by atoms with van der Waals surface area (Å²) in [7, 11) is 1.53. The highest BCUT2D eigenvalue weighted by Crippen LogP contribution is 1.93. The van der Waals surface area contributed by atoms with Gasteiger partial charge in [-0.15, -0.1) is 0 Å². The number of ether oxygens (including phenoxy) is 2. The Morgan fingerprint density at radius 2 is 2.11 bits per heavy atom. The van der Waals surface area contributed by atoms with Gasteiger partial charge in [0.25, 0.3) is 0 Å². The van der Waals surface area contributed by atoms with E-state index in [1.54, 1.807) is 0 Å². The molecule has 0 aromatic heterocycles. The van der Waals surface area contributed by atoms with E-state index in [0.29, 0.717) is 19.7 Å². The number of hydrogen-bond acceptors (Lipinski definition) is 5. The lowest BCUT2D eigenvalue weighted by Crippen LogP contribution is -2.43. The van der Waals surface area contributed by atoms with Crippen molar-refractivity contribution < 1.29 is 24.2 Å². The third kappa shape index (κ3) is 9.82. The van der Waals surface area contributed by atoms with E-state index in [1.165, 1.54) is 12.0 Å². The van der Waals surface area contributed by atoms with Gasteiger partial charge in [-0.2, -0.15) is 5.26 Å². The summed E-state index contributed by atoms with van der Waals surface area (Å²) in [6, 6.07) is 1.64. The summed E-state index contributed by atoms with van der Waals surface area (Å²) >= 11 is 0. The van der Waals surface area contributed by atoms with Crippen LogP contribution in [0.25, 0.3) is 0 Å². The summed E-state index contributed by atoms with van der Waals surface area (Å²) < 4.78 is 9.65. The molecule has 0 unspecified atom stereocenters. The van der Waals surface area contributed by atoms with Crippen molar-refractivity contribution in [2.75, 3.05) is 46.6 Å². The minimum atomic E-state index is -1.05. The van der Waals surface area contributed by atoms with Crippen LogP contribution in [0.2, 0.25) is 0 Å². The molecule has 0 aliphatic heterocycles. The van der Waals surface area contributed by atoms with Gasteiger partial charge in [0.05, 0.1) is 25.7 Å². The minimum absolute atomic E-state index is 0.119. The van der Waals surface area contributed by atoms with Crippen molar-refractivity contribution in [3.8, 4) is 6.07 Å². The molecule has 0 radical (unpaired) electrons. The van der Waals surface area contributed by atoms with Crippen LogP contribution in [0, 0.1) is 11.3 Å². The number of carboxylic acid groups (broad SMARTS) is 1. The molecule has 0 saturated carbocycles. The van der Waals surface area contributed by atoms with Crippen LogP contribution in [0.4, 0.5) is 4.79 Å². The standard InChI is InChI=1S/C11H19N3O5/c1-18-8-6-14(5-2-3-12)11(17)13-4-7-19-9-10(15)16/h2,4-9H2,1H3,(H,13,17)(H,15,16). The number of aliphatic carboxylic acids is 1. The fourth-order valence-electron chi connectivity index (χ4n) is 1.20. The number of nitriles is 1. The summed E-state index contributed by atoms with van der Waals surface area (Å²) in [5, 5.41) is 19.4. The molecule has 0 aliphatic carbocycles. The van der Waals surface area contributed by atoms with Crippen LogP contribution < -0.4 is 5.32 Å². The number of methoxy groups -OCH3 is 1. The molecule has 0 aromatic rings. The lowest BCUT2D eigenvalue weighted by molar-refractivity contribution is -0.142. The van der Waals surface area contributed by atoms with Gasteiger partial charge in [0.15, 0.2) is 0 Å². The van der Waals surface area contributed by atoms with Crippen LogP contribution in [-0.4, -0.2) is 68.6 Å². The molecule has 0 spiro atoms. The number of hydrogen-bond donors (Lipinski definition) is 2. The van der Waals surface area contributed by atoms with Crippen molar-refractivity contribution in [2.45, 2.75) is 6.42 Å². The van der Waals surface area contributed by atoms with Gasteiger partial charge in [-0.1, -0.05) is 0 Å². The van der Waals surface area contributed by atoms with E-state index in [4.69, 9.17) is 19.8 Å². The summed E-state index contributed by atoms with van der Waals surface area (Å²) in [5.74, 6) is -1.05. The van der Waals surface area contributed by atoms with Crippen LogP contribution in [-0.2, 0) is 14.3 Å². The van der Waals surface area contributed by atoms with Gasteiger partial charge in [0, 0.05) is 26.7 Å². The molecule has 19 heavy (non-hydrogen) atoms. The van der Waals surface area contributed by atoms with Crippen LogP contribution in [0.15, 0.2) is 0 Å². The van der Waals surface area contributed by atoms with E-state index >= 15 is 0 Å². The van der Waals surface area contributed by atoms with E-state index in [0.717, 1.165) is 0 Å². The molecule has 0 rings (SSSR count). The first kappa shape index (κ1) is 17.2. The number of nitrogens with one attached hydrogen (secondary N) is 1. The maximum Gasteiger partial charge on any atom is 0.329 e. The SMILES string of the molecule is COCCN(CCC#N)C(=O)NCCOCC(=O)O. The summed E-state index contributed by atoms with van der Waals surface area (Å²) in [4.78, 5) is 23.4. The average Bonchev–Trinajstić information content (AvgIpc) is 2.38. The van der Waals surface area contributed by atoms with E-state index in [-0.39, 0.29) is 25.6 Å². The van der Waals surface area contributed by atoms with Crippen molar-refractivity contribution >= 4 is 12.0 Å². The fourth-order valence-corrected chi connectivity index (χ4v) is 1.20. The van der Waals surface area contributed by atoms with Gasteiger partial charge in [-0.3, -0.25) is 0 Å². The fraction of sp³-hybridized carbons (Fsp3) is 0.727. The summed E-state index contributed by atoms with van der Waals surface area (Å²) in [6.45, 7) is 1.03. The summed E-state index contributed by atoms with van der Waals surface area (Å²) in [6.07, 6.45) is 0.243. The lowest BCUT2D eigenvalue weighted by Gasteiger charge is -2.21. The van der Waals surface area contributed by atoms with Gasteiger partial charge >= 0.3 is 12.0 Å². The molecule has 8 heteroatoms. The highest BCUT2D eigenvalue weighted by molar-refractivity contribution is 5.74. The number of carbonyl (C=O) groups excluding carboxylic acids is 1. The monoisotopic (exact) mass is 273 g/mol. The molecule has 0 aromatic carbocycles. The van der Waals surface area contributed by atoms with Gasteiger partial charge in [-0.05, 0) is 0 Å². The Bertz CT molecular complexity index is 316.